The lowest BCUT2D eigenvalue weighted by atomic mass is 9.90. The van der Waals surface area contributed by atoms with E-state index in [0.717, 1.165) is 32.1 Å². The Morgan fingerprint density at radius 3 is 1.47 bits per heavy atom. The van der Waals surface area contributed by atoms with Crippen LogP contribution in [0, 0.1) is 5.41 Å². The van der Waals surface area contributed by atoms with Crippen molar-refractivity contribution in [3.05, 3.63) is 24.3 Å². The molecular weight excluding hydrogens is 410 g/mol. The van der Waals surface area contributed by atoms with Crippen LogP contribution in [-0.4, -0.2) is 31.4 Å². The molecule has 0 saturated carbocycles. The molecule has 2 nitrogen and oxygen atoms in total. The molecular formula is C22H36F6O2. The van der Waals surface area contributed by atoms with Crippen molar-refractivity contribution >= 4 is 0 Å². The van der Waals surface area contributed by atoms with E-state index in [1.807, 2.05) is 6.08 Å². The zero-order chi connectivity index (χ0) is 23.3. The molecule has 0 radical (unpaired) electrons. The zero-order valence-corrected chi connectivity index (χ0v) is 18.5. The number of hydrogen-bond acceptors (Lipinski definition) is 2. The van der Waals surface area contributed by atoms with Gasteiger partial charge in [-0.25, -0.2) is 0 Å². The highest BCUT2D eigenvalue weighted by Crippen LogP contribution is 2.30. The molecule has 0 aliphatic carbocycles. The highest BCUT2D eigenvalue weighted by molar-refractivity contribution is 4.89. The Kier molecular flexibility index (Phi) is 12.9. The van der Waals surface area contributed by atoms with Crippen LogP contribution in [0.4, 0.5) is 26.3 Å². The first kappa shape index (κ1) is 29.0. The fourth-order valence-electron chi connectivity index (χ4n) is 2.71. The predicted octanol–water partition coefficient (Wildman–Crippen LogP) is 8.14. The van der Waals surface area contributed by atoms with E-state index >= 15 is 0 Å². The van der Waals surface area contributed by atoms with Crippen LogP contribution in [0.1, 0.15) is 79.1 Å². The topological polar surface area (TPSA) is 18.5 Å². The Balaban J connectivity index is 4.41. The van der Waals surface area contributed by atoms with Gasteiger partial charge in [-0.05, 0) is 50.4 Å². The molecule has 0 aromatic carbocycles. The number of halogens is 6. The molecule has 0 aliphatic heterocycles. The van der Waals surface area contributed by atoms with Gasteiger partial charge in [0.25, 0.3) is 0 Å². The predicted molar refractivity (Wildman–Crippen MR) is 107 cm³/mol. The molecule has 0 spiro atoms. The molecule has 8 heteroatoms. The maximum Gasteiger partial charge on any atom is 0.411 e. The maximum absolute atomic E-state index is 12.5. The van der Waals surface area contributed by atoms with Crippen molar-refractivity contribution in [1.82, 2.24) is 0 Å². The highest BCUT2D eigenvalue weighted by Gasteiger charge is 2.40. The van der Waals surface area contributed by atoms with E-state index < -0.39 is 31.4 Å². The molecule has 0 aromatic rings. The molecule has 0 rings (SSSR count). The molecule has 0 aromatic heterocycles. The van der Waals surface area contributed by atoms with E-state index in [4.69, 9.17) is 9.47 Å². The van der Waals surface area contributed by atoms with Crippen LogP contribution < -0.4 is 0 Å². The van der Waals surface area contributed by atoms with Crippen molar-refractivity contribution in [2.75, 3.05) is 13.2 Å². The number of hydrogen-bond donors (Lipinski definition) is 0. The van der Waals surface area contributed by atoms with Crippen molar-refractivity contribution in [1.29, 1.82) is 0 Å². The Morgan fingerprint density at radius 2 is 1.07 bits per heavy atom. The lowest BCUT2D eigenvalue weighted by molar-refractivity contribution is -0.313. The van der Waals surface area contributed by atoms with Crippen LogP contribution >= 0.6 is 0 Å². The average molecular weight is 447 g/mol. The highest BCUT2D eigenvalue weighted by atomic mass is 19.4. The van der Waals surface area contributed by atoms with Gasteiger partial charge in [-0.1, -0.05) is 52.0 Å². The zero-order valence-electron chi connectivity index (χ0n) is 18.5. The Bertz CT molecular complexity index is 483. The van der Waals surface area contributed by atoms with Crippen molar-refractivity contribution < 1.29 is 35.8 Å². The lowest BCUT2D eigenvalue weighted by Crippen LogP contribution is -2.41. The van der Waals surface area contributed by atoms with Crippen LogP contribution in [0.2, 0.25) is 0 Å². The summed E-state index contributed by atoms with van der Waals surface area (Å²) in [6.07, 6.45) is 3.49. The smallest absolute Gasteiger partial charge is 0.341 e. The molecule has 0 unspecified atom stereocenters. The molecule has 178 valence electrons. The van der Waals surface area contributed by atoms with Crippen molar-refractivity contribution in [3.8, 4) is 0 Å². The second-order valence-corrected chi connectivity index (χ2v) is 8.58. The summed E-state index contributed by atoms with van der Waals surface area (Å²) in [6, 6.07) is 0. The van der Waals surface area contributed by atoms with Gasteiger partial charge in [-0.15, -0.1) is 0 Å². The summed E-state index contributed by atoms with van der Waals surface area (Å²) in [5.41, 5.74) is 0.331. The molecule has 0 bridgehead atoms. The molecule has 30 heavy (non-hydrogen) atoms. The van der Waals surface area contributed by atoms with Crippen LogP contribution in [0.5, 0.6) is 0 Å². The third kappa shape index (κ3) is 17.8. The van der Waals surface area contributed by atoms with Crippen LogP contribution in [0.15, 0.2) is 24.3 Å². The van der Waals surface area contributed by atoms with Gasteiger partial charge in [0, 0.05) is 6.42 Å². The lowest BCUT2D eigenvalue weighted by Gasteiger charge is -2.33. The molecule has 0 fully saturated rings. The van der Waals surface area contributed by atoms with Gasteiger partial charge in [-0.2, -0.15) is 26.3 Å². The van der Waals surface area contributed by atoms with Gasteiger partial charge in [0.1, 0.15) is 13.2 Å². The fraction of sp³-hybridized carbons (Fsp3) is 0.818. The average Bonchev–Trinajstić information content (AvgIpc) is 2.59. The van der Waals surface area contributed by atoms with Crippen molar-refractivity contribution in [2.24, 2.45) is 5.41 Å². The van der Waals surface area contributed by atoms with E-state index in [1.54, 1.807) is 6.08 Å². The normalized spacial score (nSPS) is 14.3. The first-order valence-electron chi connectivity index (χ1n) is 10.4. The van der Waals surface area contributed by atoms with Gasteiger partial charge < -0.3 is 9.47 Å². The Morgan fingerprint density at radius 1 is 0.633 bits per heavy atom. The fourth-order valence-corrected chi connectivity index (χ4v) is 2.71. The Labute approximate surface area is 176 Å². The number of unbranched alkanes of at least 4 members (excludes halogenated alkanes) is 2. The quantitative estimate of drug-likeness (QED) is 0.116. The Hall–Kier alpha value is -1.02. The van der Waals surface area contributed by atoms with E-state index in [-0.39, 0.29) is 19.3 Å². The number of rotatable bonds is 14. The standard InChI is InChI=1S/C22H36F6O2/c1-5-20(29-17-21(23,24)25,30-18-22(26,27)28)16-14-12-10-8-6-7-9-11-13-15-19(2,3)4/h7,9-10,12H,5-6,8,11,13-18H2,1-4H3/b9-7+,12-10+. The van der Waals surface area contributed by atoms with Crippen LogP contribution in [0.25, 0.3) is 0 Å². The molecule has 0 heterocycles. The number of ether oxygens (including phenoxy) is 2. The first-order chi connectivity index (χ1) is 13.7. The number of allylic oxidation sites excluding steroid dienone is 4. The third-order valence-electron chi connectivity index (χ3n) is 4.36. The molecule has 0 aliphatic rings. The molecule has 0 amide bonds. The summed E-state index contributed by atoms with van der Waals surface area (Å²) in [5.74, 6) is -1.91. The SMILES string of the molecule is CCC(CC/C=C/CC/C=C/CCCC(C)(C)C)(OCC(F)(F)F)OCC(F)(F)F. The van der Waals surface area contributed by atoms with Crippen LogP contribution in [0.3, 0.4) is 0 Å². The third-order valence-corrected chi connectivity index (χ3v) is 4.36. The summed E-state index contributed by atoms with van der Waals surface area (Å²) in [7, 11) is 0. The van der Waals surface area contributed by atoms with E-state index in [1.165, 1.54) is 6.92 Å². The van der Waals surface area contributed by atoms with E-state index in [0.29, 0.717) is 5.41 Å². The summed E-state index contributed by atoms with van der Waals surface area (Å²) in [5, 5.41) is 0. The summed E-state index contributed by atoms with van der Waals surface area (Å²) in [6.45, 7) is 4.76. The van der Waals surface area contributed by atoms with Gasteiger partial charge in [0.2, 0.25) is 0 Å². The maximum atomic E-state index is 12.5. The van der Waals surface area contributed by atoms with Gasteiger partial charge in [0.05, 0.1) is 0 Å². The monoisotopic (exact) mass is 446 g/mol. The second-order valence-electron chi connectivity index (χ2n) is 8.58. The van der Waals surface area contributed by atoms with E-state index in [9.17, 15) is 26.3 Å². The van der Waals surface area contributed by atoms with Gasteiger partial charge in [-0.3, -0.25) is 0 Å². The minimum atomic E-state index is -4.64. The minimum Gasteiger partial charge on any atom is -0.341 e. The molecule has 0 N–H and O–H groups in total. The molecule has 0 atom stereocenters. The summed E-state index contributed by atoms with van der Waals surface area (Å²) in [4.78, 5) is 0. The minimum absolute atomic E-state index is 0.0885. The second kappa shape index (κ2) is 13.4. The van der Waals surface area contributed by atoms with Crippen molar-refractivity contribution in [2.45, 2.75) is 97.2 Å². The van der Waals surface area contributed by atoms with E-state index in [2.05, 4.69) is 32.9 Å². The van der Waals surface area contributed by atoms with Gasteiger partial charge >= 0.3 is 12.4 Å². The van der Waals surface area contributed by atoms with Crippen molar-refractivity contribution in [3.63, 3.8) is 0 Å². The van der Waals surface area contributed by atoms with Gasteiger partial charge in [0.15, 0.2) is 5.79 Å². The molecule has 0 saturated heterocycles. The largest absolute Gasteiger partial charge is 0.411 e. The van der Waals surface area contributed by atoms with Crippen LogP contribution in [-0.2, 0) is 9.47 Å². The first-order valence-corrected chi connectivity index (χ1v) is 10.4. The summed E-state index contributed by atoms with van der Waals surface area (Å²) >= 11 is 0. The number of alkyl halides is 6. The summed E-state index contributed by atoms with van der Waals surface area (Å²) < 4.78 is 84.3.